The molecule has 118 valence electrons. The number of carbonyl (C=O) groups excluding carboxylic acids is 2. The molecular formula is C12H13N3O5S2. The van der Waals surface area contributed by atoms with Crippen LogP contribution < -0.4 is 5.73 Å². The van der Waals surface area contributed by atoms with Crippen molar-refractivity contribution >= 4 is 46.1 Å². The Morgan fingerprint density at radius 2 is 2.23 bits per heavy atom. The molecule has 1 atom stereocenters. The van der Waals surface area contributed by atoms with Crippen LogP contribution in [-0.4, -0.2) is 55.6 Å². The number of rotatable bonds is 5. The molecule has 3 N–H and O–H groups in total. The van der Waals surface area contributed by atoms with Crippen molar-refractivity contribution in [3.63, 3.8) is 0 Å². The van der Waals surface area contributed by atoms with Crippen LogP contribution in [0.5, 0.6) is 0 Å². The zero-order valence-electron chi connectivity index (χ0n) is 11.3. The summed E-state index contributed by atoms with van der Waals surface area (Å²) in [5.74, 6) is -2.01. The Morgan fingerprint density at radius 1 is 1.50 bits per heavy atom. The highest BCUT2D eigenvalue weighted by molar-refractivity contribution is 8.23. The lowest BCUT2D eigenvalue weighted by Crippen LogP contribution is -2.54. The third-order valence-corrected chi connectivity index (χ3v) is 4.50. The summed E-state index contributed by atoms with van der Waals surface area (Å²) in [5, 5.41) is 9.24. The number of carboxylic acids is 1. The van der Waals surface area contributed by atoms with E-state index in [0.29, 0.717) is 4.32 Å². The topological polar surface area (TPSA) is 117 Å². The zero-order chi connectivity index (χ0) is 16.3. The summed E-state index contributed by atoms with van der Waals surface area (Å²) >= 11 is 6.27. The number of furan rings is 1. The van der Waals surface area contributed by atoms with Crippen LogP contribution in [0.4, 0.5) is 0 Å². The van der Waals surface area contributed by atoms with Crippen molar-refractivity contribution < 1.29 is 23.9 Å². The highest BCUT2D eigenvalue weighted by atomic mass is 32.2. The van der Waals surface area contributed by atoms with Gasteiger partial charge < -0.3 is 15.3 Å². The normalized spacial score (nSPS) is 17.3. The Balaban J connectivity index is 2.16. The van der Waals surface area contributed by atoms with Crippen molar-refractivity contribution in [3.8, 4) is 0 Å². The molecule has 8 nitrogen and oxygen atoms in total. The number of hydrogen-bond donors (Lipinski definition) is 2. The van der Waals surface area contributed by atoms with Gasteiger partial charge in [0.1, 0.15) is 10.4 Å². The average molecular weight is 343 g/mol. The first-order valence-corrected chi connectivity index (χ1v) is 7.57. The molecule has 1 saturated heterocycles. The first-order chi connectivity index (χ1) is 10.4. The molecule has 2 amide bonds. The molecule has 0 unspecified atom stereocenters. The summed E-state index contributed by atoms with van der Waals surface area (Å²) in [5.41, 5.74) is 5.08. The number of amides is 2. The quantitative estimate of drug-likeness (QED) is 0.733. The summed E-state index contributed by atoms with van der Waals surface area (Å²) in [4.78, 5) is 37.3. The molecule has 0 spiro atoms. The summed E-state index contributed by atoms with van der Waals surface area (Å²) in [7, 11) is 0. The Morgan fingerprint density at radius 3 is 2.77 bits per heavy atom. The van der Waals surface area contributed by atoms with Gasteiger partial charge in [-0.1, -0.05) is 24.0 Å². The second-order valence-corrected chi connectivity index (χ2v) is 6.08. The van der Waals surface area contributed by atoms with E-state index in [1.807, 2.05) is 0 Å². The van der Waals surface area contributed by atoms with E-state index in [1.165, 1.54) is 22.1 Å². The third-order valence-electron chi connectivity index (χ3n) is 2.99. The Bertz CT molecular complexity index is 604. The lowest BCUT2D eigenvalue weighted by molar-refractivity contribution is -0.145. The standard InChI is InChI=1S/C12H13N3O5S2/c13-9(16)4-7(11(18)19)14-5-15(12(21)22-6-14)10(17)8-2-1-3-20-8/h1-3,7H,4-6H2,(H2,13,16)(H,18,19)/t7-/m0/s1. The molecule has 10 heteroatoms. The fourth-order valence-corrected chi connectivity index (χ4v) is 3.06. The molecule has 2 rings (SSSR count). The van der Waals surface area contributed by atoms with E-state index in [-0.39, 0.29) is 24.7 Å². The molecule has 0 aliphatic carbocycles. The molecule has 1 fully saturated rings. The second-order valence-electron chi connectivity index (χ2n) is 4.50. The Kier molecular flexibility index (Phi) is 5.16. The van der Waals surface area contributed by atoms with Crippen LogP contribution in [0, 0.1) is 0 Å². The summed E-state index contributed by atoms with van der Waals surface area (Å²) in [6.07, 6.45) is 1.02. The average Bonchev–Trinajstić information content (AvgIpc) is 2.98. The highest BCUT2D eigenvalue weighted by Gasteiger charge is 2.35. The van der Waals surface area contributed by atoms with E-state index in [9.17, 15) is 19.5 Å². The number of nitrogens with zero attached hydrogens (tertiary/aromatic N) is 2. The molecule has 22 heavy (non-hydrogen) atoms. The molecule has 1 aliphatic heterocycles. The van der Waals surface area contributed by atoms with Gasteiger partial charge in [0.15, 0.2) is 5.76 Å². The number of primary amides is 1. The van der Waals surface area contributed by atoms with Gasteiger partial charge in [-0.2, -0.15) is 0 Å². The van der Waals surface area contributed by atoms with Crippen LogP contribution in [0.1, 0.15) is 17.0 Å². The van der Waals surface area contributed by atoms with Crippen LogP contribution in [0.3, 0.4) is 0 Å². The van der Waals surface area contributed by atoms with Crippen molar-refractivity contribution in [2.24, 2.45) is 5.73 Å². The summed E-state index contributed by atoms with van der Waals surface area (Å²) < 4.78 is 5.36. The number of nitrogens with two attached hydrogens (primary N) is 1. The highest BCUT2D eigenvalue weighted by Crippen LogP contribution is 2.23. The van der Waals surface area contributed by atoms with Gasteiger partial charge in [0, 0.05) is 0 Å². The van der Waals surface area contributed by atoms with Crippen LogP contribution in [-0.2, 0) is 9.59 Å². The molecule has 1 aromatic heterocycles. The van der Waals surface area contributed by atoms with Crippen molar-refractivity contribution in [1.29, 1.82) is 0 Å². The van der Waals surface area contributed by atoms with E-state index in [0.717, 1.165) is 11.8 Å². The van der Waals surface area contributed by atoms with Gasteiger partial charge in [0.05, 0.1) is 25.2 Å². The predicted octanol–water partition coefficient (Wildman–Crippen LogP) is 0.299. The Labute approximate surface area is 135 Å². The van der Waals surface area contributed by atoms with Gasteiger partial charge in [-0.05, 0) is 12.1 Å². The molecule has 0 bridgehead atoms. The monoisotopic (exact) mass is 343 g/mol. The summed E-state index contributed by atoms with van der Waals surface area (Å²) in [6.45, 7) is -0.0460. The van der Waals surface area contributed by atoms with E-state index in [4.69, 9.17) is 22.4 Å². The fourth-order valence-electron chi connectivity index (χ4n) is 1.93. The van der Waals surface area contributed by atoms with Crippen molar-refractivity contribution in [2.45, 2.75) is 12.5 Å². The minimum absolute atomic E-state index is 0.0460. The molecule has 1 aliphatic rings. The van der Waals surface area contributed by atoms with Gasteiger partial charge in [0.2, 0.25) is 5.91 Å². The van der Waals surface area contributed by atoms with Crippen molar-refractivity contribution in [1.82, 2.24) is 9.80 Å². The van der Waals surface area contributed by atoms with E-state index in [1.54, 1.807) is 6.07 Å². The second kappa shape index (κ2) is 6.90. The molecule has 0 saturated carbocycles. The maximum atomic E-state index is 12.3. The van der Waals surface area contributed by atoms with Crippen LogP contribution >= 0.6 is 24.0 Å². The van der Waals surface area contributed by atoms with Gasteiger partial charge in [-0.25, -0.2) is 0 Å². The Hall–Kier alpha value is -1.91. The van der Waals surface area contributed by atoms with E-state index < -0.39 is 23.8 Å². The van der Waals surface area contributed by atoms with Crippen molar-refractivity contribution in [2.75, 3.05) is 12.5 Å². The van der Waals surface area contributed by atoms with Crippen molar-refractivity contribution in [3.05, 3.63) is 24.2 Å². The first-order valence-electron chi connectivity index (χ1n) is 6.17. The smallest absolute Gasteiger partial charge is 0.321 e. The molecule has 2 heterocycles. The maximum Gasteiger partial charge on any atom is 0.321 e. The van der Waals surface area contributed by atoms with E-state index >= 15 is 0 Å². The number of thiocarbonyl (C=S) groups is 1. The lowest BCUT2D eigenvalue weighted by atomic mass is 10.2. The SMILES string of the molecule is NC(=O)C[C@@H](C(=O)O)N1CSC(=S)N(C(=O)c2ccco2)C1. The number of thioether (sulfide) groups is 1. The van der Waals surface area contributed by atoms with Crippen LogP contribution in [0.15, 0.2) is 22.8 Å². The third kappa shape index (κ3) is 3.64. The fraction of sp³-hybridized carbons (Fsp3) is 0.333. The maximum absolute atomic E-state index is 12.3. The van der Waals surface area contributed by atoms with E-state index in [2.05, 4.69) is 0 Å². The van der Waals surface area contributed by atoms with Gasteiger partial charge in [-0.15, -0.1) is 0 Å². The van der Waals surface area contributed by atoms with Gasteiger partial charge in [0.25, 0.3) is 5.91 Å². The van der Waals surface area contributed by atoms with Crippen LogP contribution in [0.25, 0.3) is 0 Å². The zero-order valence-corrected chi connectivity index (χ0v) is 12.9. The predicted molar refractivity (Wildman–Crippen MR) is 81.9 cm³/mol. The lowest BCUT2D eigenvalue weighted by Gasteiger charge is -2.37. The molecular weight excluding hydrogens is 330 g/mol. The minimum atomic E-state index is -1.18. The number of hydrogen-bond acceptors (Lipinski definition) is 7. The van der Waals surface area contributed by atoms with Gasteiger partial charge in [-0.3, -0.25) is 24.2 Å². The number of aliphatic carboxylic acids is 1. The molecule has 0 radical (unpaired) electrons. The largest absolute Gasteiger partial charge is 0.480 e. The first kappa shape index (κ1) is 16.5. The summed E-state index contributed by atoms with van der Waals surface area (Å²) in [6, 6.07) is 1.95. The van der Waals surface area contributed by atoms with Gasteiger partial charge >= 0.3 is 5.97 Å². The number of carboxylic acid groups (broad SMARTS) is 1. The van der Waals surface area contributed by atoms with Crippen LogP contribution in [0.2, 0.25) is 0 Å². The molecule has 1 aromatic rings. The minimum Gasteiger partial charge on any atom is -0.480 e. The molecule has 0 aromatic carbocycles. The number of carbonyl (C=O) groups is 3.